The predicted octanol–water partition coefficient (Wildman–Crippen LogP) is 0.518. The number of carbonyl (C=O) groups is 1. The van der Waals surface area contributed by atoms with Crippen molar-refractivity contribution in [1.29, 1.82) is 0 Å². The summed E-state index contributed by atoms with van der Waals surface area (Å²) in [4.78, 5) is 13.3. The van der Waals surface area contributed by atoms with Crippen LogP contribution >= 0.6 is 0 Å². The smallest absolute Gasteiger partial charge is 0.217 e. The SMILES string of the molecule is CC(=O)NC1CCCN(C[C@H](O)[C@@H](N)Cc2ccccc2)C1. The van der Waals surface area contributed by atoms with Crippen LogP contribution in [0.3, 0.4) is 0 Å². The number of piperidine rings is 1. The van der Waals surface area contributed by atoms with Crippen molar-refractivity contribution in [3.05, 3.63) is 35.9 Å². The quantitative estimate of drug-likeness (QED) is 0.716. The number of nitrogens with two attached hydrogens (primary N) is 1. The molecule has 1 aromatic rings. The van der Waals surface area contributed by atoms with Gasteiger partial charge in [0.2, 0.25) is 5.91 Å². The molecular weight excluding hydrogens is 278 g/mol. The molecule has 2 rings (SSSR count). The van der Waals surface area contributed by atoms with E-state index in [1.54, 1.807) is 6.92 Å². The molecule has 1 aromatic carbocycles. The third-order valence-electron chi connectivity index (χ3n) is 4.17. The van der Waals surface area contributed by atoms with Gasteiger partial charge in [-0.15, -0.1) is 0 Å². The highest BCUT2D eigenvalue weighted by Gasteiger charge is 2.24. The third kappa shape index (κ3) is 5.40. The molecule has 1 fully saturated rings. The Balaban J connectivity index is 1.80. The lowest BCUT2D eigenvalue weighted by Gasteiger charge is -2.35. The van der Waals surface area contributed by atoms with Crippen molar-refractivity contribution in [2.75, 3.05) is 19.6 Å². The van der Waals surface area contributed by atoms with Crippen LogP contribution in [0.1, 0.15) is 25.3 Å². The molecule has 0 aromatic heterocycles. The second kappa shape index (κ2) is 8.27. The van der Waals surface area contributed by atoms with Crippen molar-refractivity contribution >= 4 is 5.91 Å². The number of amides is 1. The average molecular weight is 305 g/mol. The highest BCUT2D eigenvalue weighted by atomic mass is 16.3. The van der Waals surface area contributed by atoms with Gasteiger partial charge in [0.15, 0.2) is 0 Å². The number of benzene rings is 1. The standard InChI is InChI=1S/C17H27N3O2/c1-13(21)19-15-8-5-9-20(11-15)12-17(22)16(18)10-14-6-3-2-4-7-14/h2-4,6-7,15-17,22H,5,8-12,18H2,1H3,(H,19,21)/t15?,16-,17-/m0/s1. The summed E-state index contributed by atoms with van der Waals surface area (Å²) in [6.45, 7) is 3.84. The highest BCUT2D eigenvalue weighted by molar-refractivity contribution is 5.73. The number of nitrogens with one attached hydrogen (secondary N) is 1. The second-order valence-electron chi connectivity index (χ2n) is 6.22. The maximum absolute atomic E-state index is 11.2. The van der Waals surface area contributed by atoms with Crippen molar-refractivity contribution in [2.24, 2.45) is 5.73 Å². The zero-order valence-electron chi connectivity index (χ0n) is 13.2. The summed E-state index contributed by atoms with van der Waals surface area (Å²) < 4.78 is 0. The van der Waals surface area contributed by atoms with Crippen molar-refractivity contribution in [1.82, 2.24) is 10.2 Å². The molecule has 0 aliphatic carbocycles. The molecule has 1 amide bonds. The van der Waals surface area contributed by atoms with Gasteiger partial charge in [0.25, 0.3) is 0 Å². The Morgan fingerprint density at radius 2 is 2.18 bits per heavy atom. The average Bonchev–Trinajstić information content (AvgIpc) is 2.48. The lowest BCUT2D eigenvalue weighted by Crippen LogP contribution is -2.51. The molecule has 1 aliphatic heterocycles. The molecule has 0 saturated carbocycles. The van der Waals surface area contributed by atoms with Crippen molar-refractivity contribution < 1.29 is 9.90 Å². The fraction of sp³-hybridized carbons (Fsp3) is 0.588. The Bertz CT molecular complexity index is 466. The van der Waals surface area contributed by atoms with Gasteiger partial charge in [-0.05, 0) is 31.4 Å². The minimum atomic E-state index is -0.559. The zero-order chi connectivity index (χ0) is 15.9. The highest BCUT2D eigenvalue weighted by Crippen LogP contribution is 2.12. The number of likely N-dealkylation sites (tertiary alicyclic amines) is 1. The lowest BCUT2D eigenvalue weighted by molar-refractivity contribution is -0.120. The van der Waals surface area contributed by atoms with Gasteiger partial charge in [-0.25, -0.2) is 0 Å². The van der Waals surface area contributed by atoms with E-state index in [-0.39, 0.29) is 18.0 Å². The summed E-state index contributed by atoms with van der Waals surface area (Å²) in [7, 11) is 0. The Kier molecular flexibility index (Phi) is 6.36. The van der Waals surface area contributed by atoms with Gasteiger partial charge in [0.05, 0.1) is 6.10 Å². The van der Waals surface area contributed by atoms with Crippen LogP contribution in [0.2, 0.25) is 0 Å². The topological polar surface area (TPSA) is 78.6 Å². The van der Waals surface area contributed by atoms with Crippen molar-refractivity contribution in [2.45, 2.75) is 44.4 Å². The molecule has 5 heteroatoms. The Morgan fingerprint density at radius 3 is 2.86 bits per heavy atom. The molecule has 22 heavy (non-hydrogen) atoms. The van der Waals surface area contributed by atoms with E-state index in [1.165, 1.54) is 0 Å². The molecule has 0 radical (unpaired) electrons. The molecule has 1 unspecified atom stereocenters. The van der Waals surface area contributed by atoms with Crippen LogP contribution in [0.25, 0.3) is 0 Å². The number of aliphatic hydroxyl groups excluding tert-OH is 1. The minimum Gasteiger partial charge on any atom is -0.390 e. The summed E-state index contributed by atoms with van der Waals surface area (Å²) in [6, 6.07) is 9.91. The number of carbonyl (C=O) groups excluding carboxylic acids is 1. The van der Waals surface area contributed by atoms with Crippen LogP contribution in [0.5, 0.6) is 0 Å². The predicted molar refractivity (Wildman–Crippen MR) is 87.4 cm³/mol. The second-order valence-corrected chi connectivity index (χ2v) is 6.22. The van der Waals surface area contributed by atoms with Crippen LogP contribution in [0.4, 0.5) is 0 Å². The molecule has 3 atom stereocenters. The van der Waals surface area contributed by atoms with Gasteiger partial charge in [0, 0.05) is 32.1 Å². The molecule has 1 heterocycles. The van der Waals surface area contributed by atoms with Gasteiger partial charge >= 0.3 is 0 Å². The maximum atomic E-state index is 11.2. The van der Waals surface area contributed by atoms with E-state index in [9.17, 15) is 9.90 Å². The lowest BCUT2D eigenvalue weighted by atomic mass is 10.00. The number of rotatable bonds is 6. The molecule has 0 spiro atoms. The Labute approximate surface area is 132 Å². The number of nitrogens with zero attached hydrogens (tertiary/aromatic N) is 1. The van der Waals surface area contributed by atoms with E-state index in [0.717, 1.165) is 31.5 Å². The fourth-order valence-corrected chi connectivity index (χ4v) is 3.05. The number of hydrogen-bond acceptors (Lipinski definition) is 4. The Hall–Kier alpha value is -1.43. The normalized spacial score (nSPS) is 22.0. The first-order valence-corrected chi connectivity index (χ1v) is 8.01. The van der Waals surface area contributed by atoms with Crippen LogP contribution in [-0.4, -0.2) is 53.7 Å². The van der Waals surface area contributed by atoms with Gasteiger partial charge in [-0.3, -0.25) is 9.69 Å². The first kappa shape index (κ1) is 16.9. The molecule has 5 nitrogen and oxygen atoms in total. The summed E-state index contributed by atoms with van der Waals surface area (Å²) in [5.74, 6) is 0.00757. The van der Waals surface area contributed by atoms with Crippen LogP contribution in [0, 0.1) is 0 Å². The van der Waals surface area contributed by atoms with Gasteiger partial charge in [0.1, 0.15) is 0 Å². The Morgan fingerprint density at radius 1 is 1.45 bits per heavy atom. The number of aliphatic hydroxyl groups is 1. The van der Waals surface area contributed by atoms with E-state index in [1.807, 2.05) is 30.3 Å². The fourth-order valence-electron chi connectivity index (χ4n) is 3.05. The van der Waals surface area contributed by atoms with Crippen molar-refractivity contribution in [3.63, 3.8) is 0 Å². The number of hydrogen-bond donors (Lipinski definition) is 3. The monoisotopic (exact) mass is 305 g/mol. The number of β-amino-alcohol motifs (C(OH)–C–C–N with tert-alkyl or cyclic N) is 1. The largest absolute Gasteiger partial charge is 0.390 e. The molecular formula is C17H27N3O2. The molecule has 4 N–H and O–H groups in total. The molecule has 1 saturated heterocycles. The van der Waals surface area contributed by atoms with E-state index in [4.69, 9.17) is 5.73 Å². The first-order valence-electron chi connectivity index (χ1n) is 8.01. The maximum Gasteiger partial charge on any atom is 0.217 e. The zero-order valence-corrected chi connectivity index (χ0v) is 13.2. The van der Waals surface area contributed by atoms with E-state index in [2.05, 4.69) is 10.2 Å². The third-order valence-corrected chi connectivity index (χ3v) is 4.17. The molecule has 0 bridgehead atoms. The van der Waals surface area contributed by atoms with Crippen molar-refractivity contribution in [3.8, 4) is 0 Å². The summed E-state index contributed by atoms with van der Waals surface area (Å²) >= 11 is 0. The van der Waals surface area contributed by atoms with E-state index in [0.29, 0.717) is 13.0 Å². The first-order chi connectivity index (χ1) is 10.5. The summed E-state index contributed by atoms with van der Waals surface area (Å²) in [6.07, 6.45) is 2.15. The van der Waals surface area contributed by atoms with Crippen LogP contribution in [-0.2, 0) is 11.2 Å². The molecule has 1 aliphatic rings. The molecule has 122 valence electrons. The van der Waals surface area contributed by atoms with Gasteiger partial charge in [-0.2, -0.15) is 0 Å². The van der Waals surface area contributed by atoms with E-state index < -0.39 is 6.10 Å². The van der Waals surface area contributed by atoms with E-state index >= 15 is 0 Å². The van der Waals surface area contributed by atoms with Gasteiger partial charge in [-0.1, -0.05) is 30.3 Å². The summed E-state index contributed by atoms with van der Waals surface area (Å²) in [5.41, 5.74) is 7.28. The van der Waals surface area contributed by atoms with Gasteiger partial charge < -0.3 is 16.2 Å². The van der Waals surface area contributed by atoms with Crippen LogP contribution < -0.4 is 11.1 Å². The minimum absolute atomic E-state index is 0.00757. The van der Waals surface area contributed by atoms with Crippen LogP contribution in [0.15, 0.2) is 30.3 Å². The summed E-state index contributed by atoms with van der Waals surface area (Å²) in [5, 5.41) is 13.3.